The third-order valence-electron chi connectivity index (χ3n) is 6.03. The molecule has 16 heteroatoms. The zero-order valence-corrected chi connectivity index (χ0v) is 23.9. The van der Waals surface area contributed by atoms with Crippen LogP contribution in [0.4, 0.5) is 15.4 Å². The number of hydrogen-bond acceptors (Lipinski definition) is 12. The number of ether oxygens (including phenoxy) is 3. The van der Waals surface area contributed by atoms with E-state index in [4.69, 9.17) is 19.9 Å². The van der Waals surface area contributed by atoms with E-state index < -0.39 is 66.0 Å². The lowest BCUT2D eigenvalue weighted by molar-refractivity contribution is -0.139. The van der Waals surface area contributed by atoms with Gasteiger partial charge in [0.15, 0.2) is 17.7 Å². The zero-order chi connectivity index (χ0) is 30.7. The lowest BCUT2D eigenvalue weighted by atomic mass is 9.97. The van der Waals surface area contributed by atoms with Gasteiger partial charge in [0, 0.05) is 6.04 Å². The van der Waals surface area contributed by atoms with Gasteiger partial charge in [-0.25, -0.2) is 29.3 Å². The van der Waals surface area contributed by atoms with Gasteiger partial charge in [0.25, 0.3) is 0 Å². The van der Waals surface area contributed by atoms with Crippen molar-refractivity contribution >= 4 is 35.1 Å². The normalized spacial score (nSPS) is 22.6. The number of amides is 2. The molecule has 1 fully saturated rings. The average molecular weight is 582 g/mol. The summed E-state index contributed by atoms with van der Waals surface area (Å²) >= 11 is 0. The monoisotopic (exact) mass is 581 g/mol. The molecule has 2 aromatic rings. The Labute approximate surface area is 236 Å². The van der Waals surface area contributed by atoms with Crippen LogP contribution in [0, 0.1) is 0 Å². The van der Waals surface area contributed by atoms with Crippen molar-refractivity contribution in [1.82, 2.24) is 30.2 Å². The van der Waals surface area contributed by atoms with Gasteiger partial charge in [-0.3, -0.25) is 4.57 Å². The second-order valence-corrected chi connectivity index (χ2v) is 11.8. The fourth-order valence-electron chi connectivity index (χ4n) is 4.29. The fourth-order valence-corrected chi connectivity index (χ4v) is 4.29. The van der Waals surface area contributed by atoms with Crippen molar-refractivity contribution in [2.24, 2.45) is 0 Å². The van der Waals surface area contributed by atoms with Crippen LogP contribution in [0.3, 0.4) is 0 Å². The number of nitrogen functional groups attached to an aromatic ring is 1. The topological polar surface area (TPSA) is 233 Å². The summed E-state index contributed by atoms with van der Waals surface area (Å²) in [5.41, 5.74) is 4.78. The maximum atomic E-state index is 12.6. The molecule has 7 N–H and O–H groups in total. The molecule has 0 bridgehead atoms. The Balaban J connectivity index is 1.76. The van der Waals surface area contributed by atoms with Crippen LogP contribution in [-0.2, 0) is 19.0 Å². The summed E-state index contributed by atoms with van der Waals surface area (Å²) in [4.78, 5) is 48.8. The number of carboxylic acid groups (broad SMARTS) is 1. The molecule has 228 valence electrons. The molecule has 16 nitrogen and oxygen atoms in total. The number of aliphatic hydroxyl groups excluding tert-OH is 2. The summed E-state index contributed by atoms with van der Waals surface area (Å²) in [7, 11) is 0. The first-order chi connectivity index (χ1) is 18.9. The number of nitrogens with two attached hydrogens (primary N) is 1. The summed E-state index contributed by atoms with van der Waals surface area (Å²) < 4.78 is 17.9. The van der Waals surface area contributed by atoms with E-state index in [9.17, 15) is 29.7 Å². The molecule has 3 rings (SSSR count). The predicted molar refractivity (Wildman–Crippen MR) is 143 cm³/mol. The number of carbonyl (C=O) groups excluding carboxylic acids is 2. The molecule has 0 unspecified atom stereocenters. The van der Waals surface area contributed by atoms with Crippen LogP contribution >= 0.6 is 0 Å². The minimum atomic E-state index is -1.39. The number of nitrogens with one attached hydrogen (secondary N) is 2. The number of carboxylic acids is 1. The minimum absolute atomic E-state index is 0.0313. The average Bonchev–Trinajstić information content (AvgIpc) is 3.36. The van der Waals surface area contributed by atoms with Gasteiger partial charge in [-0.15, -0.1) is 0 Å². The van der Waals surface area contributed by atoms with Crippen LogP contribution in [0.15, 0.2) is 12.7 Å². The van der Waals surface area contributed by atoms with Crippen molar-refractivity contribution < 1.29 is 43.9 Å². The summed E-state index contributed by atoms with van der Waals surface area (Å²) in [6.45, 7) is 9.99. The van der Waals surface area contributed by atoms with Gasteiger partial charge in [-0.2, -0.15) is 0 Å². The van der Waals surface area contributed by atoms with Crippen molar-refractivity contribution in [1.29, 1.82) is 0 Å². The van der Waals surface area contributed by atoms with Crippen LogP contribution in [0.1, 0.15) is 67.0 Å². The largest absolute Gasteiger partial charge is 0.480 e. The Kier molecular flexibility index (Phi) is 9.61. The van der Waals surface area contributed by atoms with E-state index in [0.29, 0.717) is 5.52 Å². The van der Waals surface area contributed by atoms with Gasteiger partial charge in [-0.1, -0.05) is 0 Å². The van der Waals surface area contributed by atoms with E-state index in [2.05, 4.69) is 25.6 Å². The van der Waals surface area contributed by atoms with E-state index in [1.54, 1.807) is 41.5 Å². The first kappa shape index (κ1) is 31.8. The highest BCUT2D eigenvalue weighted by Crippen LogP contribution is 2.34. The lowest BCUT2D eigenvalue weighted by Crippen LogP contribution is -2.46. The second kappa shape index (κ2) is 12.4. The van der Waals surface area contributed by atoms with E-state index in [1.807, 2.05) is 0 Å². The van der Waals surface area contributed by atoms with Gasteiger partial charge < -0.3 is 45.9 Å². The lowest BCUT2D eigenvalue weighted by Gasteiger charge is -2.27. The zero-order valence-electron chi connectivity index (χ0n) is 23.9. The van der Waals surface area contributed by atoms with Gasteiger partial charge in [-0.05, 0) is 60.8 Å². The third-order valence-corrected chi connectivity index (χ3v) is 6.03. The highest BCUT2D eigenvalue weighted by Gasteiger charge is 2.45. The number of nitrogens with zero attached hydrogens (tertiary/aromatic N) is 4. The standard InChI is InChI=1S/C25H39N7O9/c1-24(2,3)40-22(37)30-12(7-8-13(21(35)36)31-23(38)41-25(4,5)6)9-14-16(33)17(34)20(39-14)32-11-29-15-18(26)27-10-28-19(15)32/h10-14,16-17,20,33-34H,7-9H2,1-6H3,(H,30,37)(H,31,38)(H,35,36)(H2,26,27,28)/t12-,13-,14+,16+,17+,20+/m0/s1. The molecule has 6 atom stereocenters. The Morgan fingerprint density at radius 2 is 1.61 bits per heavy atom. The van der Waals surface area contributed by atoms with Crippen molar-refractivity contribution in [3.05, 3.63) is 12.7 Å². The first-order valence-corrected chi connectivity index (χ1v) is 13.1. The number of aliphatic hydroxyl groups is 2. The highest BCUT2D eigenvalue weighted by molar-refractivity contribution is 5.81. The number of hydrogen-bond donors (Lipinski definition) is 6. The smallest absolute Gasteiger partial charge is 0.408 e. The molecule has 41 heavy (non-hydrogen) atoms. The molecule has 1 saturated heterocycles. The number of imidazole rings is 1. The fraction of sp³-hybridized carbons (Fsp3) is 0.680. The Hall–Kier alpha value is -3.76. The molecule has 0 aromatic carbocycles. The van der Waals surface area contributed by atoms with Gasteiger partial charge in [0.2, 0.25) is 0 Å². The summed E-state index contributed by atoms with van der Waals surface area (Å²) in [5.74, 6) is -1.17. The molecular formula is C25H39N7O9. The quantitative estimate of drug-likeness (QED) is 0.243. The van der Waals surface area contributed by atoms with Crippen LogP contribution in [-0.4, -0.2) is 94.6 Å². The molecule has 0 radical (unpaired) electrons. The van der Waals surface area contributed by atoms with Crippen LogP contribution < -0.4 is 16.4 Å². The number of anilines is 1. The van der Waals surface area contributed by atoms with E-state index in [0.717, 1.165) is 0 Å². The molecule has 1 aliphatic rings. The number of aromatic nitrogens is 4. The number of rotatable bonds is 9. The summed E-state index contributed by atoms with van der Waals surface area (Å²) in [6, 6.07) is -2.11. The van der Waals surface area contributed by atoms with E-state index in [-0.39, 0.29) is 30.7 Å². The Morgan fingerprint density at radius 3 is 2.20 bits per heavy atom. The van der Waals surface area contributed by atoms with Crippen LogP contribution in [0.2, 0.25) is 0 Å². The van der Waals surface area contributed by atoms with Crippen molar-refractivity contribution in [2.45, 2.75) is 109 Å². The maximum absolute atomic E-state index is 12.6. The SMILES string of the molecule is CC(C)(C)OC(=O)N[C@@H](CC[C@H](NC(=O)OC(C)(C)C)C(=O)O)C[C@H]1O[C@@H](n2cnc3c(N)ncnc32)[C@H](O)[C@@H]1O. The Bertz CT molecular complexity index is 1240. The third kappa shape index (κ3) is 8.61. The van der Waals surface area contributed by atoms with Crippen molar-refractivity contribution in [3.63, 3.8) is 0 Å². The van der Waals surface area contributed by atoms with Crippen molar-refractivity contribution in [2.75, 3.05) is 5.73 Å². The summed E-state index contributed by atoms with van der Waals surface area (Å²) in [5, 5.41) is 36.3. The maximum Gasteiger partial charge on any atom is 0.408 e. The molecule has 0 aliphatic carbocycles. The molecule has 0 spiro atoms. The molecule has 2 aromatic heterocycles. The molecule has 2 amide bonds. The van der Waals surface area contributed by atoms with Crippen LogP contribution in [0.5, 0.6) is 0 Å². The van der Waals surface area contributed by atoms with Gasteiger partial charge in [0.1, 0.15) is 41.3 Å². The molecule has 1 aliphatic heterocycles. The number of aliphatic carboxylic acids is 1. The molecule has 3 heterocycles. The summed E-state index contributed by atoms with van der Waals surface area (Å²) in [6.07, 6.45) is -4.03. The number of alkyl carbamates (subject to hydrolysis) is 2. The van der Waals surface area contributed by atoms with Gasteiger partial charge in [0.05, 0.1) is 12.4 Å². The molecule has 0 saturated carbocycles. The van der Waals surface area contributed by atoms with Crippen molar-refractivity contribution in [3.8, 4) is 0 Å². The molecular weight excluding hydrogens is 542 g/mol. The second-order valence-electron chi connectivity index (χ2n) is 11.8. The number of carbonyl (C=O) groups is 3. The highest BCUT2D eigenvalue weighted by atomic mass is 16.6. The Morgan fingerprint density at radius 1 is 1.00 bits per heavy atom. The predicted octanol–water partition coefficient (Wildman–Crippen LogP) is 1.07. The van der Waals surface area contributed by atoms with Gasteiger partial charge >= 0.3 is 18.2 Å². The van der Waals surface area contributed by atoms with Crippen LogP contribution in [0.25, 0.3) is 11.2 Å². The minimum Gasteiger partial charge on any atom is -0.480 e. The van der Waals surface area contributed by atoms with E-state index >= 15 is 0 Å². The first-order valence-electron chi connectivity index (χ1n) is 13.1. The van der Waals surface area contributed by atoms with E-state index in [1.165, 1.54) is 17.2 Å². The number of fused-ring (bicyclic) bond motifs is 1.